The van der Waals surface area contributed by atoms with Gasteiger partial charge in [0.25, 0.3) is 0 Å². The summed E-state index contributed by atoms with van der Waals surface area (Å²) >= 11 is 0. The number of esters is 1. The van der Waals surface area contributed by atoms with Gasteiger partial charge in [-0.25, -0.2) is 9.78 Å². The standard InChI is InChI=1S/C16H25N3O2/c1-3-11-6-5-7-12(8-11)19-15-9-13(14(17)10-18-15)16(20)21-4-2/h9-12H,3-8,17H2,1-2H3,(H,18,19). The zero-order valence-corrected chi connectivity index (χ0v) is 12.9. The van der Waals surface area contributed by atoms with Gasteiger partial charge in [0.05, 0.1) is 24.1 Å². The summed E-state index contributed by atoms with van der Waals surface area (Å²) in [7, 11) is 0. The predicted octanol–water partition coefficient (Wildman–Crippen LogP) is 3.22. The van der Waals surface area contributed by atoms with Crippen LogP contribution in [-0.4, -0.2) is 23.6 Å². The molecular formula is C16H25N3O2. The van der Waals surface area contributed by atoms with Gasteiger partial charge in [0, 0.05) is 6.04 Å². The molecule has 5 nitrogen and oxygen atoms in total. The van der Waals surface area contributed by atoms with Gasteiger partial charge < -0.3 is 15.8 Å². The fraction of sp³-hybridized carbons (Fsp3) is 0.625. The lowest BCUT2D eigenvalue weighted by Gasteiger charge is -2.29. The highest BCUT2D eigenvalue weighted by Gasteiger charge is 2.21. The van der Waals surface area contributed by atoms with Gasteiger partial charge in [-0.1, -0.05) is 26.2 Å². The molecule has 1 aliphatic carbocycles. The maximum Gasteiger partial charge on any atom is 0.340 e. The first-order chi connectivity index (χ1) is 10.1. The molecule has 116 valence electrons. The van der Waals surface area contributed by atoms with E-state index in [1.165, 1.54) is 25.5 Å². The Hall–Kier alpha value is -1.78. The van der Waals surface area contributed by atoms with E-state index in [2.05, 4.69) is 17.2 Å². The van der Waals surface area contributed by atoms with E-state index in [9.17, 15) is 4.79 Å². The van der Waals surface area contributed by atoms with E-state index in [4.69, 9.17) is 10.5 Å². The molecule has 0 aliphatic heterocycles. The third-order valence-electron chi connectivity index (χ3n) is 4.14. The second-order valence-corrected chi connectivity index (χ2v) is 5.66. The summed E-state index contributed by atoms with van der Waals surface area (Å²) in [5.74, 6) is 1.10. The maximum absolute atomic E-state index is 11.9. The Labute approximate surface area is 126 Å². The van der Waals surface area contributed by atoms with E-state index in [1.807, 2.05) is 0 Å². The first-order valence-electron chi connectivity index (χ1n) is 7.83. The normalized spacial score (nSPS) is 21.8. The van der Waals surface area contributed by atoms with Gasteiger partial charge >= 0.3 is 5.97 Å². The van der Waals surface area contributed by atoms with Crippen LogP contribution in [0.4, 0.5) is 11.5 Å². The molecule has 2 rings (SSSR count). The summed E-state index contributed by atoms with van der Waals surface area (Å²) < 4.78 is 5.01. The van der Waals surface area contributed by atoms with Gasteiger partial charge in [-0.05, 0) is 31.7 Å². The molecule has 0 saturated heterocycles. The van der Waals surface area contributed by atoms with Gasteiger partial charge in [-0.15, -0.1) is 0 Å². The first-order valence-corrected chi connectivity index (χ1v) is 7.83. The molecule has 21 heavy (non-hydrogen) atoms. The molecule has 0 spiro atoms. The number of nitrogens with two attached hydrogens (primary N) is 1. The van der Waals surface area contributed by atoms with Crippen LogP contribution in [0.1, 0.15) is 56.3 Å². The number of pyridine rings is 1. The lowest BCUT2D eigenvalue weighted by Crippen LogP contribution is -2.27. The molecule has 2 atom stereocenters. The quantitative estimate of drug-likeness (QED) is 0.814. The highest BCUT2D eigenvalue weighted by molar-refractivity contribution is 5.95. The minimum atomic E-state index is -0.393. The Morgan fingerprint density at radius 1 is 1.48 bits per heavy atom. The third kappa shape index (κ3) is 4.09. The predicted molar refractivity (Wildman–Crippen MR) is 84.3 cm³/mol. The van der Waals surface area contributed by atoms with Crippen molar-refractivity contribution < 1.29 is 9.53 Å². The van der Waals surface area contributed by atoms with Crippen LogP contribution >= 0.6 is 0 Å². The molecule has 1 heterocycles. The van der Waals surface area contributed by atoms with Crippen molar-refractivity contribution >= 4 is 17.5 Å². The SMILES string of the molecule is CCOC(=O)c1cc(NC2CCCC(CC)C2)ncc1N. The number of carbonyl (C=O) groups is 1. The van der Waals surface area contributed by atoms with E-state index in [0.29, 0.717) is 29.7 Å². The molecule has 1 fully saturated rings. The second kappa shape index (κ2) is 7.29. The fourth-order valence-corrected chi connectivity index (χ4v) is 2.93. The van der Waals surface area contributed by atoms with Gasteiger partial charge in [-0.3, -0.25) is 0 Å². The minimum Gasteiger partial charge on any atom is -0.462 e. The van der Waals surface area contributed by atoms with Crippen LogP contribution in [0.2, 0.25) is 0 Å². The molecule has 3 N–H and O–H groups in total. The summed E-state index contributed by atoms with van der Waals surface area (Å²) in [5.41, 5.74) is 6.55. The Bertz CT molecular complexity index is 490. The Morgan fingerprint density at radius 2 is 2.29 bits per heavy atom. The average Bonchev–Trinajstić information content (AvgIpc) is 2.49. The topological polar surface area (TPSA) is 77.2 Å². The van der Waals surface area contributed by atoms with Crippen LogP contribution in [-0.2, 0) is 4.74 Å². The minimum absolute atomic E-state index is 0.337. The van der Waals surface area contributed by atoms with Crippen LogP contribution < -0.4 is 11.1 Å². The fourth-order valence-electron chi connectivity index (χ4n) is 2.93. The lowest BCUT2D eigenvalue weighted by atomic mass is 9.84. The molecular weight excluding hydrogens is 266 g/mol. The number of nitrogens with zero attached hydrogens (tertiary/aromatic N) is 1. The number of ether oxygens (including phenoxy) is 1. The van der Waals surface area contributed by atoms with Crippen molar-refractivity contribution in [3.63, 3.8) is 0 Å². The Morgan fingerprint density at radius 3 is 3.00 bits per heavy atom. The zero-order valence-electron chi connectivity index (χ0n) is 12.9. The Balaban J connectivity index is 2.06. The number of carbonyl (C=O) groups excluding carboxylic acids is 1. The first kappa shape index (κ1) is 15.6. The van der Waals surface area contributed by atoms with E-state index in [0.717, 1.165) is 18.8 Å². The van der Waals surface area contributed by atoms with Crippen molar-refractivity contribution in [1.29, 1.82) is 0 Å². The van der Waals surface area contributed by atoms with Crippen molar-refractivity contribution in [2.75, 3.05) is 17.7 Å². The molecule has 0 bridgehead atoms. The van der Waals surface area contributed by atoms with Crippen LogP contribution in [0.5, 0.6) is 0 Å². The molecule has 1 aliphatic rings. The number of hydrogen-bond acceptors (Lipinski definition) is 5. The number of nitrogens with one attached hydrogen (secondary N) is 1. The second-order valence-electron chi connectivity index (χ2n) is 5.66. The van der Waals surface area contributed by atoms with Crippen LogP contribution in [0.15, 0.2) is 12.3 Å². The Kier molecular flexibility index (Phi) is 5.42. The molecule has 0 aromatic carbocycles. The number of nitrogen functional groups attached to an aromatic ring is 1. The van der Waals surface area contributed by atoms with Gasteiger partial charge in [0.1, 0.15) is 5.82 Å². The lowest BCUT2D eigenvalue weighted by molar-refractivity contribution is 0.0527. The molecule has 1 saturated carbocycles. The van der Waals surface area contributed by atoms with E-state index >= 15 is 0 Å². The number of aromatic nitrogens is 1. The number of rotatable bonds is 5. The third-order valence-corrected chi connectivity index (χ3v) is 4.14. The van der Waals surface area contributed by atoms with Crippen LogP contribution in [0.3, 0.4) is 0 Å². The zero-order chi connectivity index (χ0) is 15.2. The van der Waals surface area contributed by atoms with E-state index in [-0.39, 0.29) is 0 Å². The van der Waals surface area contributed by atoms with Gasteiger partial charge in [0.15, 0.2) is 0 Å². The van der Waals surface area contributed by atoms with Crippen molar-refractivity contribution in [2.24, 2.45) is 5.92 Å². The van der Waals surface area contributed by atoms with Crippen molar-refractivity contribution in [3.05, 3.63) is 17.8 Å². The van der Waals surface area contributed by atoms with Gasteiger partial charge in [0.2, 0.25) is 0 Å². The summed E-state index contributed by atoms with van der Waals surface area (Å²) in [4.78, 5) is 16.1. The van der Waals surface area contributed by atoms with Gasteiger partial charge in [-0.2, -0.15) is 0 Å². The van der Waals surface area contributed by atoms with Crippen molar-refractivity contribution in [2.45, 2.75) is 52.0 Å². The molecule has 0 amide bonds. The summed E-state index contributed by atoms with van der Waals surface area (Å²) in [6.45, 7) is 4.36. The molecule has 1 aromatic heterocycles. The molecule has 0 radical (unpaired) electrons. The summed E-state index contributed by atoms with van der Waals surface area (Å²) in [6.07, 6.45) is 7.62. The smallest absolute Gasteiger partial charge is 0.340 e. The van der Waals surface area contributed by atoms with Crippen LogP contribution in [0.25, 0.3) is 0 Å². The average molecular weight is 291 g/mol. The van der Waals surface area contributed by atoms with E-state index in [1.54, 1.807) is 13.0 Å². The van der Waals surface area contributed by atoms with Crippen molar-refractivity contribution in [3.8, 4) is 0 Å². The van der Waals surface area contributed by atoms with Crippen molar-refractivity contribution in [1.82, 2.24) is 4.98 Å². The number of hydrogen-bond donors (Lipinski definition) is 2. The maximum atomic E-state index is 11.9. The largest absolute Gasteiger partial charge is 0.462 e. The van der Waals surface area contributed by atoms with Crippen LogP contribution in [0, 0.1) is 5.92 Å². The summed E-state index contributed by atoms with van der Waals surface area (Å²) in [5, 5.41) is 3.44. The molecule has 5 heteroatoms. The van der Waals surface area contributed by atoms with E-state index < -0.39 is 5.97 Å². The molecule has 1 aromatic rings. The monoisotopic (exact) mass is 291 g/mol. The highest BCUT2D eigenvalue weighted by Crippen LogP contribution is 2.28. The highest BCUT2D eigenvalue weighted by atomic mass is 16.5. The summed E-state index contributed by atoms with van der Waals surface area (Å²) in [6, 6.07) is 2.12. The molecule has 2 unspecified atom stereocenters. The number of anilines is 2.